The Labute approximate surface area is 167 Å². The molecule has 0 unspecified atom stereocenters. The number of aliphatic hydroxyl groups is 2. The summed E-state index contributed by atoms with van der Waals surface area (Å²) in [7, 11) is -2.71. The van der Waals surface area contributed by atoms with Crippen molar-refractivity contribution in [3.05, 3.63) is 0 Å². The lowest BCUT2D eigenvalue weighted by Crippen LogP contribution is -2.63. The quantitative estimate of drug-likeness (QED) is 0.638. The molecule has 6 nitrogen and oxygen atoms in total. The lowest BCUT2D eigenvalue weighted by atomic mass is 9.99. The summed E-state index contributed by atoms with van der Waals surface area (Å²) in [4.78, 5) is 0. The Kier molecular flexibility index (Phi) is 7.95. The highest BCUT2D eigenvalue weighted by molar-refractivity contribution is 6.74. The second kappa shape index (κ2) is 8.51. The summed E-state index contributed by atoms with van der Waals surface area (Å²) in [6.45, 7) is 21.7. The summed E-state index contributed by atoms with van der Waals surface area (Å²) < 4.78 is 23.7. The summed E-state index contributed by atoms with van der Waals surface area (Å²) in [5.74, 6) is 0. The molecule has 1 aliphatic rings. The molecule has 0 bridgehead atoms. The van der Waals surface area contributed by atoms with Gasteiger partial charge in [0.1, 0.15) is 24.4 Å². The first-order valence-corrected chi connectivity index (χ1v) is 15.6. The minimum absolute atomic E-state index is 0.0412. The highest BCUT2D eigenvalue weighted by atomic mass is 28.4. The van der Waals surface area contributed by atoms with Gasteiger partial charge in [0, 0.05) is 7.11 Å². The maximum absolute atomic E-state index is 10.9. The van der Waals surface area contributed by atoms with Crippen molar-refractivity contribution < 1.29 is 28.5 Å². The average molecular weight is 423 g/mol. The molecule has 1 rings (SSSR count). The molecule has 1 fully saturated rings. The lowest BCUT2D eigenvalue weighted by Gasteiger charge is -2.48. The van der Waals surface area contributed by atoms with Gasteiger partial charge in [-0.1, -0.05) is 41.5 Å². The summed E-state index contributed by atoms with van der Waals surface area (Å²) in [5.41, 5.74) is 0. The standard InChI is InChI=1S/C19H42O6Si2/c1-18(2,3)26(8,9)23-12-13-14(20)16(15(21)17(22-7)24-13)25-27(10,11)19(4,5)6/h13-17,20-21H,12H2,1-11H3/t13-,14+,15-,16+,17-/m1/s1. The van der Waals surface area contributed by atoms with Crippen LogP contribution in [0.1, 0.15) is 41.5 Å². The Bertz CT molecular complexity index is 484. The third-order valence-electron chi connectivity index (χ3n) is 6.53. The van der Waals surface area contributed by atoms with E-state index < -0.39 is 47.3 Å². The van der Waals surface area contributed by atoms with E-state index in [9.17, 15) is 10.2 Å². The molecule has 0 radical (unpaired) electrons. The van der Waals surface area contributed by atoms with E-state index in [0.29, 0.717) is 0 Å². The van der Waals surface area contributed by atoms with Crippen molar-refractivity contribution in [2.24, 2.45) is 0 Å². The van der Waals surface area contributed by atoms with Crippen LogP contribution in [0.3, 0.4) is 0 Å². The van der Waals surface area contributed by atoms with E-state index in [1.165, 1.54) is 7.11 Å². The fourth-order valence-electron chi connectivity index (χ4n) is 2.40. The maximum Gasteiger partial charge on any atom is 0.192 e. The second-order valence-corrected chi connectivity index (χ2v) is 20.2. The minimum Gasteiger partial charge on any atom is -0.414 e. The number of ether oxygens (including phenoxy) is 2. The Morgan fingerprint density at radius 2 is 1.33 bits per heavy atom. The van der Waals surface area contributed by atoms with Crippen LogP contribution in [0.25, 0.3) is 0 Å². The van der Waals surface area contributed by atoms with Crippen molar-refractivity contribution in [2.45, 2.75) is 109 Å². The molecule has 0 amide bonds. The van der Waals surface area contributed by atoms with E-state index in [0.717, 1.165) is 0 Å². The van der Waals surface area contributed by atoms with Gasteiger partial charge in [0.15, 0.2) is 22.9 Å². The molecule has 0 spiro atoms. The van der Waals surface area contributed by atoms with Crippen molar-refractivity contribution in [2.75, 3.05) is 13.7 Å². The van der Waals surface area contributed by atoms with Crippen LogP contribution in [-0.2, 0) is 18.3 Å². The first kappa shape index (κ1) is 25.2. The zero-order chi connectivity index (χ0) is 21.4. The summed E-state index contributed by atoms with van der Waals surface area (Å²) in [5, 5.41) is 21.6. The van der Waals surface area contributed by atoms with E-state index in [4.69, 9.17) is 18.3 Å². The largest absolute Gasteiger partial charge is 0.414 e. The molecular weight excluding hydrogens is 380 g/mol. The number of aliphatic hydroxyl groups excluding tert-OH is 2. The molecular formula is C19H42O6Si2. The van der Waals surface area contributed by atoms with Crippen LogP contribution in [0.2, 0.25) is 36.3 Å². The fraction of sp³-hybridized carbons (Fsp3) is 1.00. The Balaban J connectivity index is 2.99. The molecule has 1 aliphatic heterocycles. The Morgan fingerprint density at radius 3 is 1.74 bits per heavy atom. The van der Waals surface area contributed by atoms with Crippen LogP contribution < -0.4 is 0 Å². The van der Waals surface area contributed by atoms with Gasteiger partial charge in [-0.2, -0.15) is 0 Å². The first-order valence-electron chi connectivity index (χ1n) is 9.81. The van der Waals surface area contributed by atoms with Crippen LogP contribution >= 0.6 is 0 Å². The summed E-state index contributed by atoms with van der Waals surface area (Å²) in [6.07, 6.45) is -4.26. The molecule has 162 valence electrons. The number of methoxy groups -OCH3 is 1. The molecule has 1 heterocycles. The van der Waals surface area contributed by atoms with Crippen LogP contribution in [0, 0.1) is 0 Å². The minimum atomic E-state index is -2.20. The molecule has 0 aromatic rings. The normalized spacial score (nSPS) is 31.2. The van der Waals surface area contributed by atoms with Gasteiger partial charge in [-0.25, -0.2) is 0 Å². The topological polar surface area (TPSA) is 77.4 Å². The van der Waals surface area contributed by atoms with Gasteiger partial charge in [0.2, 0.25) is 0 Å². The van der Waals surface area contributed by atoms with E-state index in [-0.39, 0.29) is 16.7 Å². The molecule has 1 saturated heterocycles. The van der Waals surface area contributed by atoms with Gasteiger partial charge in [0.25, 0.3) is 0 Å². The molecule has 0 aromatic carbocycles. The van der Waals surface area contributed by atoms with Crippen molar-refractivity contribution in [3.8, 4) is 0 Å². The van der Waals surface area contributed by atoms with Gasteiger partial charge in [-0.05, 0) is 36.3 Å². The van der Waals surface area contributed by atoms with E-state index in [2.05, 4.69) is 67.7 Å². The monoisotopic (exact) mass is 422 g/mol. The number of hydrogen-bond acceptors (Lipinski definition) is 6. The lowest BCUT2D eigenvalue weighted by molar-refractivity contribution is -0.290. The highest BCUT2D eigenvalue weighted by Gasteiger charge is 2.50. The molecule has 8 heteroatoms. The van der Waals surface area contributed by atoms with Gasteiger partial charge in [-0.3, -0.25) is 0 Å². The molecule has 0 saturated carbocycles. The van der Waals surface area contributed by atoms with Gasteiger partial charge < -0.3 is 28.5 Å². The van der Waals surface area contributed by atoms with Crippen molar-refractivity contribution >= 4 is 16.6 Å². The third kappa shape index (κ3) is 5.85. The van der Waals surface area contributed by atoms with Crippen molar-refractivity contribution in [1.82, 2.24) is 0 Å². The molecule has 0 aliphatic carbocycles. The third-order valence-corrected chi connectivity index (χ3v) is 15.5. The summed E-state index contributed by atoms with van der Waals surface area (Å²) in [6, 6.07) is 0. The Hall–Kier alpha value is 0.194. The highest BCUT2D eigenvalue weighted by Crippen LogP contribution is 2.40. The average Bonchev–Trinajstić information content (AvgIpc) is 2.48. The zero-order valence-corrected chi connectivity index (χ0v) is 21.1. The number of hydrogen-bond donors (Lipinski definition) is 2. The van der Waals surface area contributed by atoms with Gasteiger partial charge in [-0.15, -0.1) is 0 Å². The molecule has 0 aromatic heterocycles. The van der Waals surface area contributed by atoms with Gasteiger partial charge >= 0.3 is 0 Å². The predicted octanol–water partition coefficient (Wildman–Crippen LogP) is 3.49. The van der Waals surface area contributed by atoms with E-state index in [1.807, 2.05) is 0 Å². The first-order chi connectivity index (χ1) is 11.9. The van der Waals surface area contributed by atoms with Crippen LogP contribution in [0.5, 0.6) is 0 Å². The number of rotatable bonds is 6. The SMILES string of the molecule is CO[C@@H]1O[C@H](CO[Si](C)(C)C(C)(C)C)[C@H](O)[C@H](O[Si](C)(C)C(C)(C)C)[C@H]1O. The van der Waals surface area contributed by atoms with Crippen LogP contribution in [0.4, 0.5) is 0 Å². The van der Waals surface area contributed by atoms with E-state index in [1.54, 1.807) is 0 Å². The summed E-state index contributed by atoms with van der Waals surface area (Å²) >= 11 is 0. The second-order valence-electron chi connectivity index (χ2n) is 10.7. The van der Waals surface area contributed by atoms with Crippen LogP contribution in [-0.4, -0.2) is 71.3 Å². The van der Waals surface area contributed by atoms with Crippen LogP contribution in [0.15, 0.2) is 0 Å². The predicted molar refractivity (Wildman–Crippen MR) is 113 cm³/mol. The smallest absolute Gasteiger partial charge is 0.192 e. The maximum atomic E-state index is 10.9. The van der Waals surface area contributed by atoms with Gasteiger partial charge in [0.05, 0.1) is 6.61 Å². The Morgan fingerprint density at radius 1 is 0.852 bits per heavy atom. The molecule has 27 heavy (non-hydrogen) atoms. The zero-order valence-electron chi connectivity index (χ0n) is 19.1. The molecule has 5 atom stereocenters. The van der Waals surface area contributed by atoms with E-state index >= 15 is 0 Å². The fourth-order valence-corrected chi connectivity index (χ4v) is 4.72. The van der Waals surface area contributed by atoms with Crippen molar-refractivity contribution in [3.63, 3.8) is 0 Å². The molecule has 2 N–H and O–H groups in total. The van der Waals surface area contributed by atoms with Crippen molar-refractivity contribution in [1.29, 1.82) is 0 Å².